The van der Waals surface area contributed by atoms with Gasteiger partial charge in [-0.15, -0.1) is 0 Å². The van der Waals surface area contributed by atoms with Crippen LogP contribution in [-0.2, 0) is 9.59 Å². The van der Waals surface area contributed by atoms with Crippen molar-refractivity contribution in [2.45, 2.75) is 26.2 Å². The van der Waals surface area contributed by atoms with Crippen LogP contribution in [0.2, 0.25) is 10.0 Å². The number of benzene rings is 1. The van der Waals surface area contributed by atoms with E-state index in [0.717, 1.165) is 19.3 Å². The van der Waals surface area contributed by atoms with Crippen molar-refractivity contribution in [3.63, 3.8) is 0 Å². The Hall–Kier alpha value is -1.06. The first-order valence-electron chi connectivity index (χ1n) is 6.82. The molecule has 1 saturated carbocycles. The Labute approximate surface area is 127 Å². The molecule has 0 bridgehead atoms. The topological polar surface area (TPSA) is 37.4 Å². The minimum Gasteiger partial charge on any atom is -0.274 e. The van der Waals surface area contributed by atoms with E-state index in [1.807, 2.05) is 0 Å². The molecule has 1 saturated heterocycles. The predicted octanol–water partition coefficient (Wildman–Crippen LogP) is 3.92. The van der Waals surface area contributed by atoms with Gasteiger partial charge in [0, 0.05) is 5.02 Å². The molecule has 1 heterocycles. The summed E-state index contributed by atoms with van der Waals surface area (Å²) in [5.41, 5.74) is 0.413. The van der Waals surface area contributed by atoms with Crippen molar-refractivity contribution in [3.8, 4) is 0 Å². The highest BCUT2D eigenvalue weighted by molar-refractivity contribution is 6.37. The lowest BCUT2D eigenvalue weighted by Gasteiger charge is -2.25. The Bertz CT molecular complexity index is 587. The van der Waals surface area contributed by atoms with Crippen LogP contribution in [0, 0.1) is 17.8 Å². The molecule has 20 heavy (non-hydrogen) atoms. The fourth-order valence-electron chi connectivity index (χ4n) is 3.28. The smallest absolute Gasteiger partial charge is 0.237 e. The minimum absolute atomic E-state index is 0.129. The molecule has 3 rings (SSSR count). The average Bonchev–Trinajstić information content (AvgIpc) is 2.65. The first-order valence-corrected chi connectivity index (χ1v) is 7.57. The van der Waals surface area contributed by atoms with Gasteiger partial charge in [0.05, 0.1) is 22.5 Å². The number of rotatable bonds is 1. The van der Waals surface area contributed by atoms with Crippen LogP contribution in [0.1, 0.15) is 26.2 Å². The maximum absolute atomic E-state index is 12.6. The predicted molar refractivity (Wildman–Crippen MR) is 79.0 cm³/mol. The summed E-state index contributed by atoms with van der Waals surface area (Å²) in [7, 11) is 0. The van der Waals surface area contributed by atoms with Crippen LogP contribution in [0.3, 0.4) is 0 Å². The Kier molecular flexibility index (Phi) is 3.51. The summed E-state index contributed by atoms with van der Waals surface area (Å²) in [6.45, 7) is 2.13. The van der Waals surface area contributed by atoms with E-state index in [1.54, 1.807) is 18.2 Å². The van der Waals surface area contributed by atoms with Crippen molar-refractivity contribution in [2.75, 3.05) is 4.90 Å². The van der Waals surface area contributed by atoms with Crippen LogP contribution in [0.15, 0.2) is 18.2 Å². The monoisotopic (exact) mass is 311 g/mol. The third-order valence-corrected chi connectivity index (χ3v) is 4.89. The second-order valence-corrected chi connectivity index (χ2v) is 6.58. The lowest BCUT2D eigenvalue weighted by Crippen LogP contribution is -2.31. The molecule has 1 aliphatic carbocycles. The van der Waals surface area contributed by atoms with Crippen molar-refractivity contribution in [3.05, 3.63) is 28.2 Å². The number of carbonyl (C=O) groups is 2. The van der Waals surface area contributed by atoms with E-state index in [0.29, 0.717) is 21.7 Å². The lowest BCUT2D eigenvalue weighted by molar-refractivity contribution is -0.122. The van der Waals surface area contributed by atoms with Gasteiger partial charge in [0.1, 0.15) is 0 Å². The molecule has 3 atom stereocenters. The van der Waals surface area contributed by atoms with Crippen LogP contribution in [-0.4, -0.2) is 11.8 Å². The van der Waals surface area contributed by atoms with Gasteiger partial charge >= 0.3 is 0 Å². The van der Waals surface area contributed by atoms with E-state index in [1.165, 1.54) is 4.90 Å². The van der Waals surface area contributed by atoms with Crippen LogP contribution < -0.4 is 4.90 Å². The lowest BCUT2D eigenvalue weighted by atomic mass is 9.76. The number of hydrogen-bond acceptors (Lipinski definition) is 2. The molecule has 0 unspecified atom stereocenters. The van der Waals surface area contributed by atoms with E-state index >= 15 is 0 Å². The van der Waals surface area contributed by atoms with Crippen LogP contribution in [0.5, 0.6) is 0 Å². The Morgan fingerprint density at radius 1 is 1.10 bits per heavy atom. The number of halogens is 2. The first kappa shape index (κ1) is 13.9. The van der Waals surface area contributed by atoms with Crippen LogP contribution in [0.25, 0.3) is 0 Å². The summed E-state index contributed by atoms with van der Waals surface area (Å²) in [5, 5.41) is 0.844. The highest BCUT2D eigenvalue weighted by Gasteiger charge is 2.50. The molecule has 2 amide bonds. The maximum Gasteiger partial charge on any atom is 0.237 e. The van der Waals surface area contributed by atoms with Gasteiger partial charge in [-0.3, -0.25) is 9.59 Å². The molecule has 1 aliphatic heterocycles. The van der Waals surface area contributed by atoms with Crippen LogP contribution >= 0.6 is 23.2 Å². The van der Waals surface area contributed by atoms with E-state index in [-0.39, 0.29) is 23.7 Å². The van der Waals surface area contributed by atoms with Gasteiger partial charge in [-0.1, -0.05) is 30.1 Å². The second-order valence-electron chi connectivity index (χ2n) is 5.74. The third-order valence-electron chi connectivity index (χ3n) is 4.34. The molecule has 2 aliphatic rings. The summed E-state index contributed by atoms with van der Waals surface area (Å²) in [5.74, 6) is -0.149. The zero-order valence-corrected chi connectivity index (χ0v) is 12.6. The van der Waals surface area contributed by atoms with E-state index < -0.39 is 0 Å². The standard InChI is InChI=1S/C15H15Cl2NO2/c1-8-2-4-10-11(6-8)15(20)18(14(10)19)13-7-9(16)3-5-12(13)17/h3,5,7-8,10-11H,2,4,6H2,1H3/t8-,10-,11-/m1/s1. The highest BCUT2D eigenvalue weighted by atomic mass is 35.5. The number of amides is 2. The maximum atomic E-state index is 12.6. The van der Waals surface area contributed by atoms with Gasteiger partial charge in [-0.2, -0.15) is 0 Å². The van der Waals surface area contributed by atoms with Crippen molar-refractivity contribution in [1.82, 2.24) is 0 Å². The van der Waals surface area contributed by atoms with Crippen molar-refractivity contribution in [1.29, 1.82) is 0 Å². The van der Waals surface area contributed by atoms with Gasteiger partial charge in [-0.25, -0.2) is 4.90 Å². The van der Waals surface area contributed by atoms with Gasteiger partial charge in [-0.05, 0) is 43.4 Å². The van der Waals surface area contributed by atoms with E-state index in [2.05, 4.69) is 6.92 Å². The van der Waals surface area contributed by atoms with E-state index in [4.69, 9.17) is 23.2 Å². The Morgan fingerprint density at radius 2 is 1.80 bits per heavy atom. The number of nitrogens with zero attached hydrogens (tertiary/aromatic N) is 1. The molecule has 0 spiro atoms. The number of anilines is 1. The van der Waals surface area contributed by atoms with Gasteiger partial charge in [0.25, 0.3) is 0 Å². The zero-order chi connectivity index (χ0) is 14.4. The highest BCUT2D eigenvalue weighted by Crippen LogP contribution is 2.43. The average molecular weight is 312 g/mol. The molecule has 3 nitrogen and oxygen atoms in total. The Balaban J connectivity index is 2.00. The molecule has 1 aromatic carbocycles. The van der Waals surface area contributed by atoms with Gasteiger partial charge < -0.3 is 0 Å². The summed E-state index contributed by atoms with van der Waals surface area (Å²) >= 11 is 12.1. The van der Waals surface area contributed by atoms with Crippen molar-refractivity contribution < 1.29 is 9.59 Å². The molecular formula is C15H15Cl2NO2. The molecule has 0 aromatic heterocycles. The number of hydrogen-bond donors (Lipinski definition) is 0. The van der Waals surface area contributed by atoms with Crippen LogP contribution in [0.4, 0.5) is 5.69 Å². The fraction of sp³-hybridized carbons (Fsp3) is 0.467. The number of carbonyl (C=O) groups excluding carboxylic acids is 2. The summed E-state index contributed by atoms with van der Waals surface area (Å²) in [4.78, 5) is 26.3. The SMILES string of the molecule is C[C@@H]1CC[C@H]2C(=O)N(c3cc(Cl)ccc3Cl)C(=O)[C@@H]2C1. The molecule has 5 heteroatoms. The quantitative estimate of drug-likeness (QED) is 0.737. The number of imide groups is 1. The summed E-state index contributed by atoms with van der Waals surface area (Å²) in [6, 6.07) is 4.85. The first-order chi connectivity index (χ1) is 9.49. The molecule has 1 aromatic rings. The molecule has 0 N–H and O–H groups in total. The summed E-state index contributed by atoms with van der Waals surface area (Å²) in [6.07, 6.45) is 2.56. The minimum atomic E-state index is -0.193. The van der Waals surface area contributed by atoms with Crippen molar-refractivity contribution >= 4 is 40.7 Å². The largest absolute Gasteiger partial charge is 0.274 e. The second kappa shape index (κ2) is 5.05. The van der Waals surface area contributed by atoms with E-state index in [9.17, 15) is 9.59 Å². The number of fused-ring (bicyclic) bond motifs is 1. The third kappa shape index (κ3) is 2.13. The van der Waals surface area contributed by atoms with Crippen molar-refractivity contribution in [2.24, 2.45) is 17.8 Å². The van der Waals surface area contributed by atoms with Gasteiger partial charge in [0.2, 0.25) is 11.8 Å². The fourth-order valence-corrected chi connectivity index (χ4v) is 3.65. The summed E-state index contributed by atoms with van der Waals surface area (Å²) < 4.78 is 0. The molecule has 106 valence electrons. The molecular weight excluding hydrogens is 297 g/mol. The van der Waals surface area contributed by atoms with Gasteiger partial charge in [0.15, 0.2) is 0 Å². The Morgan fingerprint density at radius 3 is 2.55 bits per heavy atom. The molecule has 2 fully saturated rings. The molecule has 0 radical (unpaired) electrons. The zero-order valence-electron chi connectivity index (χ0n) is 11.1. The normalized spacial score (nSPS) is 29.8.